The Bertz CT molecular complexity index is 1080. The highest BCUT2D eigenvalue weighted by Crippen LogP contribution is 2.37. The summed E-state index contributed by atoms with van der Waals surface area (Å²) in [5.41, 5.74) is 0.399. The number of carboxylic acid groups (broad SMARTS) is 1. The second-order valence-corrected chi connectivity index (χ2v) is 6.91. The molecule has 144 valence electrons. The lowest BCUT2D eigenvalue weighted by molar-refractivity contribution is 0.0698. The molecule has 0 saturated carbocycles. The number of carboxylic acids is 1. The number of benzene rings is 1. The molecule has 0 aliphatic carbocycles. The highest BCUT2D eigenvalue weighted by molar-refractivity contribution is 7.12. The van der Waals surface area contributed by atoms with Crippen LogP contribution >= 0.6 is 23.1 Å². The quantitative estimate of drug-likeness (QED) is 0.594. The van der Waals surface area contributed by atoms with E-state index in [2.05, 4.69) is 10.2 Å². The van der Waals surface area contributed by atoms with E-state index in [1.54, 1.807) is 12.1 Å². The fraction of sp³-hybridized carbons (Fsp3) is 0.111. The summed E-state index contributed by atoms with van der Waals surface area (Å²) in [6, 6.07) is 10.3. The van der Waals surface area contributed by atoms with E-state index in [-0.39, 0.29) is 28.4 Å². The predicted molar refractivity (Wildman–Crippen MR) is 104 cm³/mol. The first kappa shape index (κ1) is 19.6. The van der Waals surface area contributed by atoms with Crippen molar-refractivity contribution in [1.29, 1.82) is 0 Å². The lowest BCUT2D eigenvalue weighted by atomic mass is 10.1. The summed E-state index contributed by atoms with van der Waals surface area (Å²) in [5, 5.41) is 16.9. The third-order valence-corrected chi connectivity index (χ3v) is 5.06. The van der Waals surface area contributed by atoms with Gasteiger partial charge in [0, 0.05) is 17.2 Å². The Morgan fingerprint density at radius 2 is 2.04 bits per heavy atom. The van der Waals surface area contributed by atoms with Crippen molar-refractivity contribution in [1.82, 2.24) is 14.6 Å². The number of nitrogens with one attached hydrogen (secondary N) is 1. The van der Waals surface area contributed by atoms with Gasteiger partial charge in [0.05, 0.1) is 24.9 Å². The van der Waals surface area contributed by atoms with Crippen molar-refractivity contribution < 1.29 is 19.4 Å². The van der Waals surface area contributed by atoms with Crippen molar-refractivity contribution in [3.8, 4) is 17.0 Å². The lowest BCUT2D eigenvalue weighted by Crippen LogP contribution is -2.28. The number of aromatic carboxylic acids is 1. The number of amides is 1. The molecule has 0 bridgehead atoms. The van der Waals surface area contributed by atoms with Gasteiger partial charge in [0.15, 0.2) is 10.6 Å². The number of thiophene rings is 1. The third kappa shape index (κ3) is 3.90. The largest absolute Gasteiger partial charge is 0.494 e. The first-order valence-electron chi connectivity index (χ1n) is 7.92. The first-order chi connectivity index (χ1) is 13.4. The van der Waals surface area contributed by atoms with Gasteiger partial charge in [-0.25, -0.2) is 14.3 Å². The molecule has 0 saturated heterocycles. The van der Waals surface area contributed by atoms with E-state index in [1.165, 1.54) is 18.6 Å². The summed E-state index contributed by atoms with van der Waals surface area (Å²) in [5.74, 6) is -1.76. The maximum Gasteiger partial charge on any atom is 0.349 e. The Labute approximate surface area is 168 Å². The van der Waals surface area contributed by atoms with Gasteiger partial charge in [0.1, 0.15) is 5.56 Å². The second-order valence-electron chi connectivity index (χ2n) is 5.62. The maximum absolute atomic E-state index is 12.6. The number of H-pyrrole nitrogens is 1. The summed E-state index contributed by atoms with van der Waals surface area (Å²) in [6.07, 6.45) is 0. The van der Waals surface area contributed by atoms with Crippen molar-refractivity contribution in [3.05, 3.63) is 68.1 Å². The van der Waals surface area contributed by atoms with Gasteiger partial charge in [0.25, 0.3) is 11.5 Å². The number of nitrogens with zero attached hydrogens (tertiary/aromatic N) is 2. The normalized spacial score (nSPS) is 10.5. The molecule has 0 aliphatic heterocycles. The van der Waals surface area contributed by atoms with Gasteiger partial charge >= 0.3 is 5.97 Å². The summed E-state index contributed by atoms with van der Waals surface area (Å²) >= 11 is 7.04. The molecule has 3 rings (SSSR count). The van der Waals surface area contributed by atoms with Crippen LogP contribution in [0, 0.1) is 0 Å². The zero-order valence-corrected chi connectivity index (χ0v) is 16.1. The topological polar surface area (TPSA) is 113 Å². The number of aromatic amines is 1. The molecule has 0 unspecified atom stereocenters. The number of carbonyl (C=O) groups excluding carboxylic acids is 1. The van der Waals surface area contributed by atoms with Crippen LogP contribution in [0.4, 0.5) is 0 Å². The van der Waals surface area contributed by atoms with E-state index in [0.717, 1.165) is 21.3 Å². The average molecular weight is 420 g/mol. The number of rotatable bonds is 6. The zero-order chi connectivity index (χ0) is 20.3. The number of hydrogen-bond acceptors (Lipinski definition) is 6. The minimum atomic E-state index is -1.15. The van der Waals surface area contributed by atoms with Crippen molar-refractivity contribution in [3.63, 3.8) is 0 Å². The molecule has 8 nitrogen and oxygen atoms in total. The highest BCUT2D eigenvalue weighted by atomic mass is 35.5. The van der Waals surface area contributed by atoms with E-state index in [0.29, 0.717) is 5.56 Å². The molecule has 2 aromatic heterocycles. The van der Waals surface area contributed by atoms with Crippen LogP contribution < -0.4 is 10.3 Å². The number of ether oxygens (including phenoxy) is 1. The minimum Gasteiger partial charge on any atom is -0.494 e. The van der Waals surface area contributed by atoms with Crippen LogP contribution in [-0.4, -0.2) is 38.7 Å². The molecular formula is C18H14ClN3O5S. The molecule has 10 heteroatoms. The molecule has 0 fully saturated rings. The zero-order valence-electron chi connectivity index (χ0n) is 14.5. The van der Waals surface area contributed by atoms with E-state index in [1.807, 2.05) is 18.2 Å². The Morgan fingerprint density at radius 3 is 2.68 bits per heavy atom. The SMILES string of the molecule is COc1c(-c2cc(C(=O)N(Cl)Cc3ccccc3)c(=O)[nH]n2)csc1C(=O)O. The highest BCUT2D eigenvalue weighted by Gasteiger charge is 2.23. The first-order valence-corrected chi connectivity index (χ1v) is 9.14. The Morgan fingerprint density at radius 1 is 1.32 bits per heavy atom. The summed E-state index contributed by atoms with van der Waals surface area (Å²) in [6.45, 7) is 0.100. The number of hydrogen-bond donors (Lipinski definition) is 2. The number of carbonyl (C=O) groups is 2. The average Bonchev–Trinajstić information content (AvgIpc) is 3.13. The minimum absolute atomic E-state index is 0.0126. The van der Waals surface area contributed by atoms with Gasteiger partial charge in [-0.1, -0.05) is 30.3 Å². The number of aromatic nitrogens is 2. The Balaban J connectivity index is 1.95. The standard InChI is InChI=1S/C18H14ClN3O5S/c1-27-14-12(9-28-15(14)18(25)26)13-7-11(16(23)21-20-13)17(24)22(19)8-10-5-3-2-4-6-10/h2-7,9H,8H2,1H3,(H,21,23)(H,25,26). The monoisotopic (exact) mass is 419 g/mol. The van der Waals surface area contributed by atoms with Crippen molar-refractivity contribution in [2.75, 3.05) is 7.11 Å². The van der Waals surface area contributed by atoms with Gasteiger partial charge < -0.3 is 9.84 Å². The van der Waals surface area contributed by atoms with Gasteiger partial charge in [-0.2, -0.15) is 5.10 Å². The molecule has 2 N–H and O–H groups in total. The molecule has 0 radical (unpaired) electrons. The van der Waals surface area contributed by atoms with Crippen LogP contribution in [0.15, 0.2) is 46.6 Å². The van der Waals surface area contributed by atoms with Gasteiger partial charge in [-0.3, -0.25) is 9.59 Å². The van der Waals surface area contributed by atoms with Gasteiger partial charge in [-0.15, -0.1) is 11.3 Å². The van der Waals surface area contributed by atoms with Crippen LogP contribution in [0.1, 0.15) is 25.6 Å². The Kier molecular flexibility index (Phi) is 5.76. The van der Waals surface area contributed by atoms with E-state index >= 15 is 0 Å². The molecule has 28 heavy (non-hydrogen) atoms. The third-order valence-electron chi connectivity index (χ3n) is 3.84. The molecule has 0 atom stereocenters. The van der Waals surface area contributed by atoms with Crippen LogP contribution in [0.2, 0.25) is 0 Å². The predicted octanol–water partition coefficient (Wildman–Crippen LogP) is 3.00. The maximum atomic E-state index is 12.6. The molecule has 2 heterocycles. The Hall–Kier alpha value is -3.17. The summed E-state index contributed by atoms with van der Waals surface area (Å²) in [4.78, 5) is 36.0. The molecule has 3 aromatic rings. The van der Waals surface area contributed by atoms with Crippen LogP contribution in [0.3, 0.4) is 0 Å². The molecule has 0 spiro atoms. The van der Waals surface area contributed by atoms with E-state index in [9.17, 15) is 19.5 Å². The van der Waals surface area contributed by atoms with Crippen molar-refractivity contribution in [2.45, 2.75) is 6.54 Å². The van der Waals surface area contributed by atoms with Crippen LogP contribution in [0.25, 0.3) is 11.3 Å². The lowest BCUT2D eigenvalue weighted by Gasteiger charge is -2.14. The number of halogens is 1. The van der Waals surface area contributed by atoms with Gasteiger partial charge in [0.2, 0.25) is 0 Å². The molecule has 1 aromatic carbocycles. The van der Waals surface area contributed by atoms with Crippen molar-refractivity contribution >= 4 is 35.0 Å². The summed E-state index contributed by atoms with van der Waals surface area (Å²) < 4.78 is 6.07. The van der Waals surface area contributed by atoms with Gasteiger partial charge in [-0.05, 0) is 11.6 Å². The van der Waals surface area contributed by atoms with Crippen molar-refractivity contribution in [2.24, 2.45) is 0 Å². The molecule has 1 amide bonds. The van der Waals surface area contributed by atoms with E-state index in [4.69, 9.17) is 16.5 Å². The fourth-order valence-electron chi connectivity index (χ4n) is 2.52. The molecular weight excluding hydrogens is 406 g/mol. The van der Waals surface area contributed by atoms with Crippen LogP contribution in [-0.2, 0) is 6.54 Å². The smallest absolute Gasteiger partial charge is 0.349 e. The second kappa shape index (κ2) is 8.24. The molecule has 0 aliphatic rings. The van der Waals surface area contributed by atoms with E-state index < -0.39 is 17.4 Å². The van der Waals surface area contributed by atoms with Crippen LogP contribution in [0.5, 0.6) is 5.75 Å². The summed E-state index contributed by atoms with van der Waals surface area (Å²) in [7, 11) is 1.33. The fourth-order valence-corrected chi connectivity index (χ4v) is 3.62. The number of methoxy groups -OCH3 is 1.